The van der Waals surface area contributed by atoms with Crippen LogP contribution >= 0.6 is 0 Å². The van der Waals surface area contributed by atoms with Gasteiger partial charge in [-0.3, -0.25) is 0 Å². The summed E-state index contributed by atoms with van der Waals surface area (Å²) in [6.45, 7) is 4.83. The Morgan fingerprint density at radius 2 is 2.05 bits per heavy atom. The summed E-state index contributed by atoms with van der Waals surface area (Å²) in [5, 5.41) is 10.8. The Morgan fingerprint density at radius 1 is 1.29 bits per heavy atom. The maximum absolute atomic E-state index is 11.0. The Hall–Kier alpha value is -2.56. The third kappa shape index (κ3) is 2.54. The number of carbonyl (C=O) groups is 1. The standard InChI is InChI=1S/C16H16N2O3/c1-9(2)8-21-10-3-4-13-11(5-10)12-6-14(16(19)20)17-7-15(12)18-13/h3-7,9,18H,8H2,1-2H3,(H,19,20). The van der Waals surface area contributed by atoms with E-state index < -0.39 is 5.97 Å². The Morgan fingerprint density at radius 3 is 2.76 bits per heavy atom. The van der Waals surface area contributed by atoms with Crippen LogP contribution in [0.4, 0.5) is 0 Å². The fourth-order valence-corrected chi connectivity index (χ4v) is 2.25. The normalized spacial score (nSPS) is 11.4. The molecule has 0 amide bonds. The van der Waals surface area contributed by atoms with E-state index in [4.69, 9.17) is 9.84 Å². The molecule has 108 valence electrons. The quantitative estimate of drug-likeness (QED) is 0.769. The van der Waals surface area contributed by atoms with Crippen LogP contribution in [0.1, 0.15) is 24.3 Å². The van der Waals surface area contributed by atoms with Gasteiger partial charge in [0.25, 0.3) is 0 Å². The van der Waals surface area contributed by atoms with Gasteiger partial charge in [0.05, 0.1) is 18.3 Å². The van der Waals surface area contributed by atoms with Gasteiger partial charge in [-0.2, -0.15) is 0 Å². The third-order valence-electron chi connectivity index (χ3n) is 3.26. The molecule has 0 saturated heterocycles. The number of benzene rings is 1. The molecule has 3 rings (SSSR count). The average Bonchev–Trinajstić information content (AvgIpc) is 2.82. The minimum absolute atomic E-state index is 0.0388. The van der Waals surface area contributed by atoms with Crippen molar-refractivity contribution in [2.45, 2.75) is 13.8 Å². The highest BCUT2D eigenvalue weighted by molar-refractivity contribution is 6.08. The molecule has 0 atom stereocenters. The Bertz CT molecular complexity index is 821. The molecule has 2 N–H and O–H groups in total. The van der Waals surface area contributed by atoms with Crippen molar-refractivity contribution in [2.75, 3.05) is 6.61 Å². The van der Waals surface area contributed by atoms with E-state index in [1.165, 1.54) is 0 Å². The number of pyridine rings is 1. The highest BCUT2D eigenvalue weighted by atomic mass is 16.5. The number of hydrogen-bond acceptors (Lipinski definition) is 3. The molecule has 5 nitrogen and oxygen atoms in total. The van der Waals surface area contributed by atoms with Gasteiger partial charge >= 0.3 is 5.97 Å². The second-order valence-corrected chi connectivity index (χ2v) is 5.46. The predicted molar refractivity (Wildman–Crippen MR) is 80.9 cm³/mol. The number of nitrogens with one attached hydrogen (secondary N) is 1. The molecule has 0 fully saturated rings. The van der Waals surface area contributed by atoms with Crippen LogP contribution in [0.3, 0.4) is 0 Å². The van der Waals surface area contributed by atoms with Crippen molar-refractivity contribution in [3.63, 3.8) is 0 Å². The number of ether oxygens (including phenoxy) is 1. The number of carboxylic acid groups (broad SMARTS) is 1. The van der Waals surface area contributed by atoms with E-state index in [2.05, 4.69) is 23.8 Å². The molecule has 21 heavy (non-hydrogen) atoms. The SMILES string of the molecule is CC(C)COc1ccc2[nH]c3cnc(C(=O)O)cc3c2c1. The molecule has 0 radical (unpaired) electrons. The van der Waals surface area contributed by atoms with Crippen LogP contribution in [-0.4, -0.2) is 27.7 Å². The lowest BCUT2D eigenvalue weighted by atomic mass is 10.1. The number of H-pyrrole nitrogens is 1. The van der Waals surface area contributed by atoms with Crippen molar-refractivity contribution in [1.82, 2.24) is 9.97 Å². The van der Waals surface area contributed by atoms with E-state index in [-0.39, 0.29) is 5.69 Å². The van der Waals surface area contributed by atoms with Gasteiger partial charge in [-0.1, -0.05) is 13.8 Å². The largest absolute Gasteiger partial charge is 0.493 e. The number of fused-ring (bicyclic) bond motifs is 3. The molecular weight excluding hydrogens is 268 g/mol. The summed E-state index contributed by atoms with van der Waals surface area (Å²) in [5.74, 6) is 0.204. The molecule has 1 aromatic carbocycles. The summed E-state index contributed by atoms with van der Waals surface area (Å²) >= 11 is 0. The first-order valence-electron chi connectivity index (χ1n) is 6.82. The maximum atomic E-state index is 11.0. The monoisotopic (exact) mass is 284 g/mol. The van der Waals surface area contributed by atoms with Crippen LogP contribution in [0, 0.1) is 5.92 Å². The smallest absolute Gasteiger partial charge is 0.354 e. The van der Waals surface area contributed by atoms with Gasteiger partial charge in [0, 0.05) is 16.3 Å². The predicted octanol–water partition coefficient (Wildman–Crippen LogP) is 3.45. The van der Waals surface area contributed by atoms with Crippen LogP contribution in [-0.2, 0) is 0 Å². The van der Waals surface area contributed by atoms with E-state index in [0.29, 0.717) is 12.5 Å². The number of nitrogens with zero attached hydrogens (tertiary/aromatic N) is 1. The number of hydrogen-bond donors (Lipinski definition) is 2. The average molecular weight is 284 g/mol. The zero-order valence-corrected chi connectivity index (χ0v) is 11.9. The van der Waals surface area contributed by atoms with Crippen LogP contribution in [0.2, 0.25) is 0 Å². The van der Waals surface area contributed by atoms with E-state index in [1.807, 2.05) is 18.2 Å². The second-order valence-electron chi connectivity index (χ2n) is 5.46. The van der Waals surface area contributed by atoms with Crippen LogP contribution in [0.15, 0.2) is 30.5 Å². The highest BCUT2D eigenvalue weighted by Gasteiger charge is 2.10. The zero-order valence-electron chi connectivity index (χ0n) is 11.9. The maximum Gasteiger partial charge on any atom is 0.354 e. The summed E-state index contributed by atoms with van der Waals surface area (Å²) in [6.07, 6.45) is 1.55. The highest BCUT2D eigenvalue weighted by Crippen LogP contribution is 2.29. The Kier molecular flexibility index (Phi) is 3.25. The van der Waals surface area contributed by atoms with Gasteiger partial charge in [0.1, 0.15) is 11.4 Å². The van der Waals surface area contributed by atoms with Crippen LogP contribution in [0.5, 0.6) is 5.75 Å². The summed E-state index contributed by atoms with van der Waals surface area (Å²) in [5.41, 5.74) is 1.79. The number of aromatic nitrogens is 2. The number of aromatic amines is 1. The van der Waals surface area contributed by atoms with E-state index >= 15 is 0 Å². The number of rotatable bonds is 4. The van der Waals surface area contributed by atoms with Gasteiger partial charge < -0.3 is 14.8 Å². The summed E-state index contributed by atoms with van der Waals surface area (Å²) in [4.78, 5) is 18.2. The van der Waals surface area contributed by atoms with Gasteiger partial charge in [-0.05, 0) is 30.2 Å². The molecular formula is C16H16N2O3. The van der Waals surface area contributed by atoms with Crippen LogP contribution in [0.25, 0.3) is 21.8 Å². The van der Waals surface area contributed by atoms with Gasteiger partial charge in [0.15, 0.2) is 0 Å². The van der Waals surface area contributed by atoms with Crippen molar-refractivity contribution in [2.24, 2.45) is 5.92 Å². The van der Waals surface area contributed by atoms with Crippen molar-refractivity contribution < 1.29 is 14.6 Å². The first-order valence-corrected chi connectivity index (χ1v) is 6.82. The molecule has 2 aromatic heterocycles. The van der Waals surface area contributed by atoms with E-state index in [1.54, 1.807) is 12.3 Å². The fraction of sp³-hybridized carbons (Fsp3) is 0.250. The lowest BCUT2D eigenvalue weighted by Crippen LogP contribution is -2.04. The van der Waals surface area contributed by atoms with Crippen LogP contribution < -0.4 is 4.74 Å². The third-order valence-corrected chi connectivity index (χ3v) is 3.26. The lowest BCUT2D eigenvalue weighted by molar-refractivity contribution is 0.0691. The fourth-order valence-electron chi connectivity index (χ4n) is 2.25. The Balaban J connectivity index is 2.11. The molecule has 5 heteroatoms. The molecule has 0 bridgehead atoms. The second kappa shape index (κ2) is 5.09. The first kappa shape index (κ1) is 13.4. The summed E-state index contributed by atoms with van der Waals surface area (Å²) in [7, 11) is 0. The lowest BCUT2D eigenvalue weighted by Gasteiger charge is -2.08. The molecule has 0 aliphatic heterocycles. The van der Waals surface area contributed by atoms with Gasteiger partial charge in [-0.25, -0.2) is 9.78 Å². The minimum atomic E-state index is -1.03. The van der Waals surface area contributed by atoms with Crippen molar-refractivity contribution in [3.8, 4) is 5.75 Å². The molecule has 0 saturated carbocycles. The van der Waals surface area contributed by atoms with E-state index in [9.17, 15) is 4.79 Å². The molecule has 0 spiro atoms. The summed E-state index contributed by atoms with van der Waals surface area (Å²) < 4.78 is 5.73. The van der Waals surface area contributed by atoms with Crippen molar-refractivity contribution in [1.29, 1.82) is 0 Å². The number of carboxylic acids is 1. The molecule has 0 aliphatic rings. The van der Waals surface area contributed by atoms with Crippen molar-refractivity contribution in [3.05, 3.63) is 36.2 Å². The molecule has 0 aliphatic carbocycles. The van der Waals surface area contributed by atoms with Gasteiger partial charge in [-0.15, -0.1) is 0 Å². The minimum Gasteiger partial charge on any atom is -0.493 e. The topological polar surface area (TPSA) is 75.2 Å². The van der Waals surface area contributed by atoms with E-state index in [0.717, 1.165) is 27.6 Å². The zero-order chi connectivity index (χ0) is 15.0. The number of aromatic carboxylic acids is 1. The first-order chi connectivity index (χ1) is 10.0. The van der Waals surface area contributed by atoms with Gasteiger partial charge in [0.2, 0.25) is 0 Å². The summed E-state index contributed by atoms with van der Waals surface area (Å²) in [6, 6.07) is 7.36. The molecule has 3 aromatic rings. The molecule has 2 heterocycles. The van der Waals surface area contributed by atoms with Crippen molar-refractivity contribution >= 4 is 27.8 Å². The molecule has 0 unspecified atom stereocenters. The Labute approximate surface area is 121 Å².